The van der Waals surface area contributed by atoms with Gasteiger partial charge in [0.1, 0.15) is 22.3 Å². The van der Waals surface area contributed by atoms with E-state index in [0.29, 0.717) is 13.1 Å². The highest BCUT2D eigenvalue weighted by molar-refractivity contribution is 7.13. The predicted octanol–water partition coefficient (Wildman–Crippen LogP) is 3.84. The first-order valence-electron chi connectivity index (χ1n) is 9.77. The first-order chi connectivity index (χ1) is 14.6. The van der Waals surface area contributed by atoms with Crippen LogP contribution in [0.25, 0.3) is 10.6 Å². The van der Waals surface area contributed by atoms with Crippen LogP contribution >= 0.6 is 11.3 Å². The van der Waals surface area contributed by atoms with E-state index in [4.69, 9.17) is 4.98 Å². The molecule has 0 atom stereocenters. The topological polar surface area (TPSA) is 48.5 Å². The van der Waals surface area contributed by atoms with E-state index >= 15 is 0 Å². The van der Waals surface area contributed by atoms with Crippen LogP contribution in [0, 0.1) is 11.6 Å². The summed E-state index contributed by atoms with van der Waals surface area (Å²) in [5.74, 6) is -1.96. The number of thiazole rings is 1. The number of halogens is 2. The molecule has 1 aliphatic rings. The van der Waals surface area contributed by atoms with Crippen LogP contribution in [0.15, 0.2) is 53.9 Å². The van der Waals surface area contributed by atoms with Crippen molar-refractivity contribution in [3.8, 4) is 10.6 Å². The molecule has 3 aromatic rings. The van der Waals surface area contributed by atoms with E-state index in [1.165, 1.54) is 6.07 Å². The Morgan fingerprint density at radius 1 is 0.967 bits per heavy atom. The third-order valence-corrected chi connectivity index (χ3v) is 5.96. The molecule has 156 valence electrons. The maximum Gasteiger partial charge on any atom is 0.238 e. The van der Waals surface area contributed by atoms with Crippen molar-refractivity contribution in [2.45, 2.75) is 6.54 Å². The van der Waals surface area contributed by atoms with E-state index in [1.807, 2.05) is 23.1 Å². The quantitative estimate of drug-likeness (QED) is 0.648. The Hall–Kier alpha value is -2.68. The van der Waals surface area contributed by atoms with E-state index < -0.39 is 17.5 Å². The normalized spacial score (nSPS) is 15.3. The molecule has 1 amide bonds. The number of hydrogen-bond donors (Lipinski definition) is 1. The molecule has 1 fully saturated rings. The van der Waals surface area contributed by atoms with Crippen LogP contribution in [0.1, 0.15) is 5.69 Å². The molecular weight excluding hydrogens is 406 g/mol. The molecule has 4 rings (SSSR count). The Labute approximate surface area is 178 Å². The summed E-state index contributed by atoms with van der Waals surface area (Å²) in [5.41, 5.74) is 1.77. The number of piperazine rings is 1. The van der Waals surface area contributed by atoms with Crippen molar-refractivity contribution in [2.75, 3.05) is 38.0 Å². The lowest BCUT2D eigenvalue weighted by molar-refractivity contribution is -0.117. The number of para-hydroxylation sites is 1. The largest absolute Gasteiger partial charge is 0.320 e. The molecule has 1 saturated heterocycles. The highest BCUT2D eigenvalue weighted by Gasteiger charge is 2.21. The summed E-state index contributed by atoms with van der Waals surface area (Å²) in [6.45, 7) is 3.91. The number of benzene rings is 2. The molecule has 30 heavy (non-hydrogen) atoms. The van der Waals surface area contributed by atoms with Crippen molar-refractivity contribution in [3.05, 3.63) is 71.2 Å². The van der Waals surface area contributed by atoms with Gasteiger partial charge in [-0.15, -0.1) is 11.3 Å². The number of nitrogens with zero attached hydrogens (tertiary/aromatic N) is 3. The SMILES string of the molecule is O=C(CN1CCN(Cc2csc(-c3ccccc3)n2)CC1)Nc1c(F)cccc1F. The van der Waals surface area contributed by atoms with Crippen LogP contribution in [0.2, 0.25) is 0 Å². The van der Waals surface area contributed by atoms with Gasteiger partial charge in [0.2, 0.25) is 5.91 Å². The van der Waals surface area contributed by atoms with Crippen molar-refractivity contribution in [1.29, 1.82) is 0 Å². The first-order valence-corrected chi connectivity index (χ1v) is 10.6. The Morgan fingerprint density at radius 3 is 2.33 bits per heavy atom. The summed E-state index contributed by atoms with van der Waals surface area (Å²) in [4.78, 5) is 21.2. The Bertz CT molecular complexity index is 983. The molecule has 2 aromatic carbocycles. The van der Waals surface area contributed by atoms with Crippen LogP contribution in [-0.4, -0.2) is 53.4 Å². The van der Waals surface area contributed by atoms with Gasteiger partial charge in [-0.1, -0.05) is 36.4 Å². The molecule has 0 saturated carbocycles. The lowest BCUT2D eigenvalue weighted by atomic mass is 10.2. The first kappa shape index (κ1) is 20.6. The molecule has 1 aromatic heterocycles. The maximum absolute atomic E-state index is 13.7. The molecule has 5 nitrogen and oxygen atoms in total. The number of aromatic nitrogens is 1. The minimum absolute atomic E-state index is 0.108. The van der Waals surface area contributed by atoms with Crippen molar-refractivity contribution in [1.82, 2.24) is 14.8 Å². The second-order valence-corrected chi connectivity index (χ2v) is 8.07. The van der Waals surface area contributed by atoms with Crippen LogP contribution in [0.5, 0.6) is 0 Å². The molecule has 1 aliphatic heterocycles. The standard InChI is InChI=1S/C22H22F2N4OS/c23-18-7-4-8-19(24)21(18)26-20(29)14-28-11-9-27(10-12-28)13-17-15-30-22(25-17)16-5-2-1-3-6-16/h1-8,15H,9-14H2,(H,26,29). The van der Waals surface area contributed by atoms with Crippen molar-refractivity contribution < 1.29 is 13.6 Å². The Kier molecular flexibility index (Phi) is 6.47. The fraction of sp³-hybridized carbons (Fsp3) is 0.273. The summed E-state index contributed by atoms with van der Waals surface area (Å²) in [6.07, 6.45) is 0. The molecule has 1 N–H and O–H groups in total. The van der Waals surface area contributed by atoms with Crippen molar-refractivity contribution in [3.63, 3.8) is 0 Å². The molecular formula is C22H22F2N4OS. The van der Waals surface area contributed by atoms with Crippen molar-refractivity contribution in [2.24, 2.45) is 0 Å². The number of amides is 1. The number of rotatable bonds is 6. The number of carbonyl (C=O) groups excluding carboxylic acids is 1. The third-order valence-electron chi connectivity index (χ3n) is 5.02. The average molecular weight is 429 g/mol. The second-order valence-electron chi connectivity index (χ2n) is 7.21. The number of hydrogen-bond acceptors (Lipinski definition) is 5. The molecule has 0 bridgehead atoms. The summed E-state index contributed by atoms with van der Waals surface area (Å²) in [6, 6.07) is 13.6. The summed E-state index contributed by atoms with van der Waals surface area (Å²) in [7, 11) is 0. The monoisotopic (exact) mass is 428 g/mol. The van der Waals surface area contributed by atoms with Gasteiger partial charge >= 0.3 is 0 Å². The zero-order valence-corrected chi connectivity index (χ0v) is 17.2. The highest BCUT2D eigenvalue weighted by Crippen LogP contribution is 2.24. The smallest absolute Gasteiger partial charge is 0.238 e. The highest BCUT2D eigenvalue weighted by atomic mass is 32.1. The summed E-state index contributed by atoms with van der Waals surface area (Å²) in [5, 5.41) is 5.45. The van der Waals surface area contributed by atoms with E-state index in [9.17, 15) is 13.6 Å². The van der Waals surface area contributed by atoms with Gasteiger partial charge in [-0.3, -0.25) is 14.6 Å². The van der Waals surface area contributed by atoms with E-state index in [2.05, 4.69) is 27.7 Å². The van der Waals surface area contributed by atoms with Gasteiger partial charge in [0.05, 0.1) is 12.2 Å². The van der Waals surface area contributed by atoms with Crippen LogP contribution < -0.4 is 5.32 Å². The van der Waals surface area contributed by atoms with Crippen LogP contribution in [-0.2, 0) is 11.3 Å². The van der Waals surface area contributed by atoms with E-state index in [1.54, 1.807) is 11.3 Å². The van der Waals surface area contributed by atoms with Gasteiger partial charge < -0.3 is 5.32 Å². The molecule has 2 heterocycles. The van der Waals surface area contributed by atoms with Crippen LogP contribution in [0.3, 0.4) is 0 Å². The molecule has 0 aliphatic carbocycles. The van der Waals surface area contributed by atoms with E-state index in [0.717, 1.165) is 48.0 Å². The predicted molar refractivity (Wildman–Crippen MR) is 114 cm³/mol. The minimum atomic E-state index is -0.772. The zero-order valence-electron chi connectivity index (χ0n) is 16.4. The molecule has 0 radical (unpaired) electrons. The summed E-state index contributed by atoms with van der Waals surface area (Å²) < 4.78 is 27.4. The number of anilines is 1. The molecule has 0 unspecified atom stereocenters. The minimum Gasteiger partial charge on any atom is -0.320 e. The Balaban J connectivity index is 1.25. The number of carbonyl (C=O) groups is 1. The fourth-order valence-electron chi connectivity index (χ4n) is 3.43. The van der Waals surface area contributed by atoms with Gasteiger partial charge in [-0.25, -0.2) is 13.8 Å². The fourth-order valence-corrected chi connectivity index (χ4v) is 4.24. The molecule has 8 heteroatoms. The van der Waals surface area contributed by atoms with Gasteiger partial charge in [0.25, 0.3) is 0 Å². The second kappa shape index (κ2) is 9.42. The third kappa shape index (κ3) is 5.08. The van der Waals surface area contributed by atoms with Gasteiger partial charge in [-0.2, -0.15) is 0 Å². The lowest BCUT2D eigenvalue weighted by Gasteiger charge is -2.33. The Morgan fingerprint density at radius 2 is 1.63 bits per heavy atom. The maximum atomic E-state index is 13.7. The average Bonchev–Trinajstić information content (AvgIpc) is 3.21. The van der Waals surface area contributed by atoms with E-state index in [-0.39, 0.29) is 12.2 Å². The number of nitrogens with one attached hydrogen (secondary N) is 1. The van der Waals surface area contributed by atoms with Gasteiger partial charge in [0, 0.05) is 43.7 Å². The zero-order chi connectivity index (χ0) is 20.9. The van der Waals surface area contributed by atoms with Gasteiger partial charge in [-0.05, 0) is 12.1 Å². The molecule has 0 spiro atoms. The van der Waals surface area contributed by atoms with Crippen molar-refractivity contribution >= 4 is 22.9 Å². The van der Waals surface area contributed by atoms with Gasteiger partial charge in [0.15, 0.2) is 0 Å². The lowest BCUT2D eigenvalue weighted by Crippen LogP contribution is -2.48. The summed E-state index contributed by atoms with van der Waals surface area (Å²) >= 11 is 1.64. The van der Waals surface area contributed by atoms with Crippen LogP contribution in [0.4, 0.5) is 14.5 Å².